The molecule has 0 fully saturated rings. The van der Waals surface area contributed by atoms with Gasteiger partial charge in [0, 0.05) is 12.1 Å². The Labute approximate surface area is 188 Å². The fourth-order valence-electron chi connectivity index (χ4n) is 3.28. The smallest absolute Gasteiger partial charge is 0.416 e. The molecule has 0 bridgehead atoms. The summed E-state index contributed by atoms with van der Waals surface area (Å²) >= 11 is 0. The van der Waals surface area contributed by atoms with Gasteiger partial charge in [0.05, 0.1) is 10.5 Å². The molecule has 0 saturated heterocycles. The SMILES string of the molecule is Cc1ccccc1-c1nc(S(=O)(=O)c2ccccc2)c(NCc2cccc(C(F)(F)F)c2)o1. The number of benzene rings is 3. The van der Waals surface area contributed by atoms with Crippen LogP contribution in [0.25, 0.3) is 11.5 Å². The van der Waals surface area contributed by atoms with E-state index < -0.39 is 21.6 Å². The Kier molecular flexibility index (Phi) is 5.99. The second-order valence-corrected chi connectivity index (χ2v) is 9.20. The molecule has 0 saturated carbocycles. The predicted octanol–water partition coefficient (Wildman–Crippen LogP) is 6.11. The Balaban J connectivity index is 1.75. The van der Waals surface area contributed by atoms with Crippen molar-refractivity contribution in [3.63, 3.8) is 0 Å². The van der Waals surface area contributed by atoms with Crippen LogP contribution in [0.5, 0.6) is 0 Å². The number of aryl methyl sites for hydroxylation is 1. The molecule has 4 rings (SSSR count). The van der Waals surface area contributed by atoms with E-state index in [1.807, 2.05) is 19.1 Å². The van der Waals surface area contributed by atoms with Gasteiger partial charge in [0.25, 0.3) is 0 Å². The zero-order chi connectivity index (χ0) is 23.6. The van der Waals surface area contributed by atoms with E-state index in [1.165, 1.54) is 24.3 Å². The van der Waals surface area contributed by atoms with Gasteiger partial charge in [-0.05, 0) is 48.4 Å². The van der Waals surface area contributed by atoms with E-state index in [9.17, 15) is 21.6 Å². The first-order chi connectivity index (χ1) is 15.7. The molecule has 0 aliphatic heterocycles. The number of alkyl halides is 3. The van der Waals surface area contributed by atoms with Gasteiger partial charge in [0.1, 0.15) is 0 Å². The predicted molar refractivity (Wildman–Crippen MR) is 117 cm³/mol. The maximum absolute atomic E-state index is 13.3. The van der Waals surface area contributed by atoms with Crippen molar-refractivity contribution in [2.24, 2.45) is 0 Å². The third kappa shape index (κ3) is 4.78. The Bertz CT molecular complexity index is 1380. The molecule has 1 aromatic heterocycles. The largest absolute Gasteiger partial charge is 0.419 e. The lowest BCUT2D eigenvalue weighted by Crippen LogP contribution is -2.09. The van der Waals surface area contributed by atoms with Gasteiger partial charge in [0.2, 0.25) is 26.6 Å². The molecule has 33 heavy (non-hydrogen) atoms. The fraction of sp³-hybridized carbons (Fsp3) is 0.125. The van der Waals surface area contributed by atoms with Crippen LogP contribution in [-0.4, -0.2) is 13.4 Å². The van der Waals surface area contributed by atoms with Crippen LogP contribution in [0, 0.1) is 6.92 Å². The summed E-state index contributed by atoms with van der Waals surface area (Å²) in [5.41, 5.74) is 0.944. The molecule has 0 aliphatic rings. The highest BCUT2D eigenvalue weighted by atomic mass is 32.2. The Morgan fingerprint density at radius 2 is 1.64 bits per heavy atom. The fourth-order valence-corrected chi connectivity index (χ4v) is 4.58. The second kappa shape index (κ2) is 8.74. The highest BCUT2D eigenvalue weighted by Crippen LogP contribution is 2.34. The molecule has 0 aliphatic carbocycles. The number of nitrogens with zero attached hydrogens (tertiary/aromatic N) is 1. The van der Waals surface area contributed by atoms with Crippen LogP contribution in [0.15, 0.2) is 93.2 Å². The van der Waals surface area contributed by atoms with Gasteiger partial charge in [-0.15, -0.1) is 0 Å². The van der Waals surface area contributed by atoms with Crippen molar-refractivity contribution in [3.8, 4) is 11.5 Å². The van der Waals surface area contributed by atoms with Gasteiger partial charge in [-0.1, -0.05) is 48.5 Å². The van der Waals surface area contributed by atoms with Crippen molar-refractivity contribution in [1.29, 1.82) is 0 Å². The summed E-state index contributed by atoms with van der Waals surface area (Å²) in [6, 6.07) is 19.7. The molecule has 170 valence electrons. The van der Waals surface area contributed by atoms with E-state index >= 15 is 0 Å². The van der Waals surface area contributed by atoms with E-state index in [2.05, 4.69) is 10.3 Å². The van der Waals surface area contributed by atoms with Crippen molar-refractivity contribution in [2.75, 3.05) is 5.32 Å². The van der Waals surface area contributed by atoms with Crippen LogP contribution in [0.2, 0.25) is 0 Å². The third-order valence-corrected chi connectivity index (χ3v) is 6.67. The van der Waals surface area contributed by atoms with Crippen LogP contribution in [0.3, 0.4) is 0 Å². The second-order valence-electron chi connectivity index (χ2n) is 7.34. The summed E-state index contributed by atoms with van der Waals surface area (Å²) in [5.74, 6) is -0.0522. The average molecular weight is 472 g/mol. The number of hydrogen-bond acceptors (Lipinski definition) is 5. The molecular formula is C24H19F3N2O3S. The quantitative estimate of drug-likeness (QED) is 0.366. The first kappa shape index (κ1) is 22.6. The first-order valence-corrected chi connectivity index (χ1v) is 11.4. The van der Waals surface area contributed by atoms with Crippen molar-refractivity contribution in [1.82, 2.24) is 4.98 Å². The third-order valence-electron chi connectivity index (χ3n) is 4.99. The Morgan fingerprint density at radius 3 is 2.33 bits per heavy atom. The van der Waals surface area contributed by atoms with Gasteiger partial charge in [0.15, 0.2) is 0 Å². The minimum Gasteiger partial charge on any atom is -0.419 e. The topological polar surface area (TPSA) is 72.2 Å². The normalized spacial score (nSPS) is 12.0. The lowest BCUT2D eigenvalue weighted by Gasteiger charge is -2.10. The standard InChI is InChI=1S/C24H19F3N2O3S/c1-16-8-5-6-13-20(16)21-29-23(33(30,31)19-11-3-2-4-12-19)22(32-21)28-15-17-9-7-10-18(14-17)24(25,26)27/h2-14,28H,15H2,1H3. The van der Waals surface area contributed by atoms with Crippen LogP contribution in [0.1, 0.15) is 16.7 Å². The molecule has 0 atom stereocenters. The number of rotatable bonds is 6. The number of oxazole rings is 1. The van der Waals surface area contributed by atoms with Crippen LogP contribution < -0.4 is 5.32 Å². The minimum atomic E-state index is -4.48. The summed E-state index contributed by atoms with van der Waals surface area (Å²) in [6.45, 7) is 1.74. The molecule has 9 heteroatoms. The minimum absolute atomic E-state index is 0.0248. The van der Waals surface area contributed by atoms with E-state index in [-0.39, 0.29) is 28.2 Å². The highest BCUT2D eigenvalue weighted by Gasteiger charge is 2.31. The maximum Gasteiger partial charge on any atom is 0.416 e. The van der Waals surface area contributed by atoms with Crippen LogP contribution >= 0.6 is 0 Å². The molecule has 1 heterocycles. The summed E-state index contributed by atoms with van der Waals surface area (Å²) in [5, 5.41) is 2.48. The zero-order valence-electron chi connectivity index (χ0n) is 17.4. The van der Waals surface area contributed by atoms with Gasteiger partial charge in [-0.2, -0.15) is 18.2 Å². The number of aromatic nitrogens is 1. The van der Waals surface area contributed by atoms with Crippen molar-refractivity contribution >= 4 is 15.7 Å². The Morgan fingerprint density at radius 1 is 0.939 bits per heavy atom. The number of sulfone groups is 1. The van der Waals surface area contributed by atoms with E-state index in [0.29, 0.717) is 11.1 Å². The Hall–Kier alpha value is -3.59. The molecule has 3 aromatic carbocycles. The van der Waals surface area contributed by atoms with Crippen molar-refractivity contribution in [2.45, 2.75) is 29.6 Å². The molecule has 0 spiro atoms. The molecular weight excluding hydrogens is 453 g/mol. The van der Waals surface area contributed by atoms with Gasteiger partial charge in [-0.25, -0.2) is 8.42 Å². The highest BCUT2D eigenvalue weighted by molar-refractivity contribution is 7.91. The van der Waals surface area contributed by atoms with E-state index in [1.54, 1.807) is 30.3 Å². The van der Waals surface area contributed by atoms with E-state index in [4.69, 9.17) is 4.42 Å². The summed E-state index contributed by atoms with van der Waals surface area (Å²) in [4.78, 5) is 4.29. The number of halogens is 3. The zero-order valence-corrected chi connectivity index (χ0v) is 18.2. The lowest BCUT2D eigenvalue weighted by molar-refractivity contribution is -0.137. The lowest BCUT2D eigenvalue weighted by atomic mass is 10.1. The first-order valence-electron chi connectivity index (χ1n) is 9.93. The molecule has 0 unspecified atom stereocenters. The van der Waals surface area contributed by atoms with Gasteiger partial charge >= 0.3 is 6.18 Å². The molecule has 0 amide bonds. The molecule has 5 nitrogen and oxygen atoms in total. The monoisotopic (exact) mass is 472 g/mol. The number of nitrogens with one attached hydrogen (secondary N) is 1. The summed E-state index contributed by atoms with van der Waals surface area (Å²) < 4.78 is 71.4. The summed E-state index contributed by atoms with van der Waals surface area (Å²) in [6.07, 6.45) is -4.48. The van der Waals surface area contributed by atoms with E-state index in [0.717, 1.165) is 17.7 Å². The van der Waals surface area contributed by atoms with Crippen molar-refractivity contribution in [3.05, 3.63) is 95.6 Å². The van der Waals surface area contributed by atoms with Gasteiger partial charge < -0.3 is 9.73 Å². The maximum atomic E-state index is 13.3. The molecule has 0 radical (unpaired) electrons. The summed E-state index contributed by atoms with van der Waals surface area (Å²) in [7, 11) is -4.05. The average Bonchev–Trinajstić information content (AvgIpc) is 3.23. The molecule has 1 N–H and O–H groups in total. The van der Waals surface area contributed by atoms with Crippen LogP contribution in [-0.2, 0) is 22.6 Å². The van der Waals surface area contributed by atoms with Crippen LogP contribution in [0.4, 0.5) is 19.1 Å². The van der Waals surface area contributed by atoms with Crippen molar-refractivity contribution < 1.29 is 26.0 Å². The van der Waals surface area contributed by atoms with Gasteiger partial charge in [-0.3, -0.25) is 0 Å². The number of anilines is 1. The number of hydrogen-bond donors (Lipinski definition) is 1. The molecule has 4 aromatic rings.